The first kappa shape index (κ1) is 13.2. The van der Waals surface area contributed by atoms with Crippen molar-refractivity contribution in [1.82, 2.24) is 0 Å². The van der Waals surface area contributed by atoms with Crippen LogP contribution in [-0.4, -0.2) is 38.1 Å². The molecule has 1 aromatic rings. The fraction of sp³-hybridized carbons (Fsp3) is 0.571. The number of aliphatic hydroxyl groups is 1. The van der Waals surface area contributed by atoms with E-state index < -0.39 is 0 Å². The SMILES string of the molecule is CCCOc1ccc(OCC2(CO)COC2)cc1. The van der Waals surface area contributed by atoms with Gasteiger partial charge in [-0.15, -0.1) is 0 Å². The molecule has 0 amide bonds. The zero-order chi connectivity index (χ0) is 12.8. The normalized spacial score (nSPS) is 17.0. The number of benzene rings is 1. The molecule has 1 N–H and O–H groups in total. The van der Waals surface area contributed by atoms with Gasteiger partial charge in [0, 0.05) is 0 Å². The van der Waals surface area contributed by atoms with Crippen molar-refractivity contribution >= 4 is 0 Å². The lowest BCUT2D eigenvalue weighted by atomic mass is 9.88. The summed E-state index contributed by atoms with van der Waals surface area (Å²) in [4.78, 5) is 0. The fourth-order valence-corrected chi connectivity index (χ4v) is 1.70. The maximum atomic E-state index is 9.28. The van der Waals surface area contributed by atoms with Crippen LogP contribution in [0.5, 0.6) is 11.5 Å². The molecule has 0 bridgehead atoms. The molecule has 100 valence electrons. The van der Waals surface area contributed by atoms with Crippen molar-refractivity contribution in [1.29, 1.82) is 0 Å². The molecular weight excluding hydrogens is 232 g/mol. The maximum absolute atomic E-state index is 9.28. The van der Waals surface area contributed by atoms with Crippen LogP contribution in [-0.2, 0) is 4.74 Å². The zero-order valence-corrected chi connectivity index (χ0v) is 10.7. The molecule has 0 unspecified atom stereocenters. The highest BCUT2D eigenvalue weighted by atomic mass is 16.5. The second-order valence-electron chi connectivity index (χ2n) is 4.76. The molecule has 18 heavy (non-hydrogen) atoms. The van der Waals surface area contributed by atoms with E-state index in [0.29, 0.717) is 19.8 Å². The van der Waals surface area contributed by atoms with E-state index >= 15 is 0 Å². The van der Waals surface area contributed by atoms with E-state index in [1.165, 1.54) is 0 Å². The molecule has 0 spiro atoms. The molecule has 0 saturated carbocycles. The third-order valence-electron chi connectivity index (χ3n) is 2.99. The van der Waals surface area contributed by atoms with Gasteiger partial charge in [0.25, 0.3) is 0 Å². The van der Waals surface area contributed by atoms with Crippen LogP contribution in [0.3, 0.4) is 0 Å². The van der Waals surface area contributed by atoms with Gasteiger partial charge in [-0.05, 0) is 30.7 Å². The van der Waals surface area contributed by atoms with Crippen LogP contribution in [0.1, 0.15) is 13.3 Å². The highest BCUT2D eigenvalue weighted by Crippen LogP contribution is 2.28. The third kappa shape index (κ3) is 3.15. The lowest BCUT2D eigenvalue weighted by Gasteiger charge is -2.39. The molecule has 4 nitrogen and oxygen atoms in total. The van der Waals surface area contributed by atoms with Crippen LogP contribution in [0.2, 0.25) is 0 Å². The average Bonchev–Trinajstić information content (AvgIpc) is 2.37. The van der Waals surface area contributed by atoms with Gasteiger partial charge in [-0.25, -0.2) is 0 Å². The minimum Gasteiger partial charge on any atom is -0.494 e. The predicted molar refractivity (Wildman–Crippen MR) is 68.1 cm³/mol. The van der Waals surface area contributed by atoms with Crippen LogP contribution in [0.4, 0.5) is 0 Å². The first-order valence-electron chi connectivity index (χ1n) is 6.32. The van der Waals surface area contributed by atoms with Gasteiger partial charge in [-0.2, -0.15) is 0 Å². The summed E-state index contributed by atoms with van der Waals surface area (Å²) in [5, 5.41) is 9.28. The minimum atomic E-state index is -0.211. The minimum absolute atomic E-state index is 0.102. The van der Waals surface area contributed by atoms with Crippen molar-refractivity contribution in [3.05, 3.63) is 24.3 Å². The number of hydrogen-bond acceptors (Lipinski definition) is 4. The highest BCUT2D eigenvalue weighted by Gasteiger charge is 2.39. The topological polar surface area (TPSA) is 47.9 Å². The lowest BCUT2D eigenvalue weighted by molar-refractivity contribution is -0.153. The van der Waals surface area contributed by atoms with E-state index in [-0.39, 0.29) is 12.0 Å². The van der Waals surface area contributed by atoms with Crippen molar-refractivity contribution in [3.63, 3.8) is 0 Å². The van der Waals surface area contributed by atoms with Gasteiger partial charge in [-0.1, -0.05) is 6.92 Å². The van der Waals surface area contributed by atoms with E-state index in [1.807, 2.05) is 24.3 Å². The molecule has 0 atom stereocenters. The largest absolute Gasteiger partial charge is 0.494 e. The van der Waals surface area contributed by atoms with Gasteiger partial charge in [0.2, 0.25) is 0 Å². The molecule has 1 aliphatic heterocycles. The smallest absolute Gasteiger partial charge is 0.119 e. The summed E-state index contributed by atoms with van der Waals surface area (Å²) >= 11 is 0. The molecule has 1 aliphatic rings. The molecule has 2 rings (SSSR count). The Morgan fingerprint density at radius 1 is 1.17 bits per heavy atom. The van der Waals surface area contributed by atoms with Crippen LogP contribution in [0.25, 0.3) is 0 Å². The Morgan fingerprint density at radius 3 is 2.22 bits per heavy atom. The Balaban J connectivity index is 1.82. The second-order valence-corrected chi connectivity index (χ2v) is 4.76. The van der Waals surface area contributed by atoms with Crippen molar-refractivity contribution in [3.8, 4) is 11.5 Å². The molecule has 1 aromatic carbocycles. The molecular formula is C14H20O4. The summed E-state index contributed by atoms with van der Waals surface area (Å²) in [5.41, 5.74) is -0.211. The highest BCUT2D eigenvalue weighted by molar-refractivity contribution is 5.31. The molecule has 1 saturated heterocycles. The van der Waals surface area contributed by atoms with E-state index in [2.05, 4.69) is 6.92 Å². The Kier molecular flexibility index (Phi) is 4.44. The number of ether oxygens (including phenoxy) is 3. The maximum Gasteiger partial charge on any atom is 0.119 e. The van der Waals surface area contributed by atoms with E-state index in [9.17, 15) is 5.11 Å². The molecule has 4 heteroatoms. The summed E-state index contributed by atoms with van der Waals surface area (Å²) in [6, 6.07) is 7.56. The van der Waals surface area contributed by atoms with Gasteiger partial charge >= 0.3 is 0 Å². The van der Waals surface area contributed by atoms with Crippen molar-refractivity contribution in [2.45, 2.75) is 13.3 Å². The standard InChI is InChI=1S/C14H20O4/c1-2-7-17-12-3-5-13(6-4-12)18-11-14(8-15)9-16-10-14/h3-6,15H,2,7-11H2,1H3. The summed E-state index contributed by atoms with van der Waals surface area (Å²) in [7, 11) is 0. The van der Waals surface area contributed by atoms with Gasteiger partial charge in [-0.3, -0.25) is 0 Å². The molecule has 1 fully saturated rings. The third-order valence-corrected chi connectivity index (χ3v) is 2.99. The van der Waals surface area contributed by atoms with Crippen LogP contribution >= 0.6 is 0 Å². The van der Waals surface area contributed by atoms with E-state index in [4.69, 9.17) is 14.2 Å². The van der Waals surface area contributed by atoms with E-state index in [0.717, 1.165) is 24.5 Å². The molecule has 0 aromatic heterocycles. The quantitative estimate of drug-likeness (QED) is 0.804. The monoisotopic (exact) mass is 252 g/mol. The first-order valence-corrected chi connectivity index (χ1v) is 6.32. The van der Waals surface area contributed by atoms with Crippen LogP contribution < -0.4 is 9.47 Å². The fourth-order valence-electron chi connectivity index (χ4n) is 1.70. The van der Waals surface area contributed by atoms with E-state index in [1.54, 1.807) is 0 Å². The summed E-state index contributed by atoms with van der Waals surface area (Å²) < 4.78 is 16.3. The van der Waals surface area contributed by atoms with Crippen molar-refractivity contribution in [2.75, 3.05) is 33.0 Å². The Hall–Kier alpha value is -1.26. The van der Waals surface area contributed by atoms with Gasteiger partial charge in [0.1, 0.15) is 18.1 Å². The Bertz CT molecular complexity index is 351. The number of rotatable bonds is 7. The zero-order valence-electron chi connectivity index (χ0n) is 10.7. The summed E-state index contributed by atoms with van der Waals surface area (Å²) in [6.07, 6.45) is 0.997. The van der Waals surface area contributed by atoms with Gasteiger partial charge < -0.3 is 19.3 Å². The predicted octanol–water partition coefficient (Wildman–Crippen LogP) is 1.86. The summed E-state index contributed by atoms with van der Waals surface area (Å²) in [6.45, 7) is 4.53. The summed E-state index contributed by atoms with van der Waals surface area (Å²) in [5.74, 6) is 1.65. The van der Waals surface area contributed by atoms with Gasteiger partial charge in [0.05, 0.1) is 31.8 Å². The van der Waals surface area contributed by atoms with Crippen molar-refractivity contribution in [2.24, 2.45) is 5.41 Å². The average molecular weight is 252 g/mol. The Labute approximate surface area is 107 Å². The molecule has 1 heterocycles. The molecule has 0 radical (unpaired) electrons. The van der Waals surface area contributed by atoms with Crippen molar-refractivity contribution < 1.29 is 19.3 Å². The number of hydrogen-bond donors (Lipinski definition) is 1. The molecule has 0 aliphatic carbocycles. The van der Waals surface area contributed by atoms with Crippen LogP contribution in [0, 0.1) is 5.41 Å². The Morgan fingerprint density at radius 2 is 1.78 bits per heavy atom. The lowest BCUT2D eigenvalue weighted by Crippen LogP contribution is -2.49. The number of aliphatic hydroxyl groups excluding tert-OH is 1. The van der Waals surface area contributed by atoms with Crippen LogP contribution in [0.15, 0.2) is 24.3 Å². The first-order chi connectivity index (χ1) is 8.78. The van der Waals surface area contributed by atoms with Gasteiger partial charge in [0.15, 0.2) is 0 Å². The second kappa shape index (κ2) is 6.07.